The Balaban J connectivity index is 1.87. The quantitative estimate of drug-likeness (QED) is 0.407. The number of aromatic hydroxyl groups is 1. The Kier molecular flexibility index (Phi) is 5.62. The first-order chi connectivity index (χ1) is 12.9. The first-order valence-electron chi connectivity index (χ1n) is 7.93. The van der Waals surface area contributed by atoms with E-state index in [2.05, 4.69) is 33.2 Å². The first-order valence-corrected chi connectivity index (χ1v) is 9.53. The molecule has 1 heterocycles. The van der Waals surface area contributed by atoms with E-state index in [9.17, 15) is 20.0 Å². The van der Waals surface area contributed by atoms with Gasteiger partial charge in [0.2, 0.25) is 5.75 Å². The van der Waals surface area contributed by atoms with Gasteiger partial charge in [0.1, 0.15) is 0 Å². The van der Waals surface area contributed by atoms with Crippen LogP contribution in [0.25, 0.3) is 6.08 Å². The molecule has 0 unspecified atom stereocenters. The molecule has 0 aromatic heterocycles. The van der Waals surface area contributed by atoms with Gasteiger partial charge in [-0.2, -0.15) is 0 Å². The smallest absolute Gasteiger partial charge is 0.312 e. The number of hydrogen-bond acceptors (Lipinski definition) is 6. The number of carbonyl (C=O) groups excluding carboxylic acids is 1. The number of phenolic OH excluding ortho intramolecular Hbond substituents is 1. The molecule has 1 amide bonds. The zero-order valence-electron chi connectivity index (χ0n) is 14.1. The number of carbonyl (C=O) groups is 1. The van der Waals surface area contributed by atoms with Gasteiger partial charge in [0.15, 0.2) is 5.17 Å². The van der Waals surface area contributed by atoms with Crippen molar-refractivity contribution in [2.75, 3.05) is 0 Å². The van der Waals surface area contributed by atoms with Crippen molar-refractivity contribution in [1.29, 1.82) is 0 Å². The average molecular weight is 448 g/mol. The number of amidine groups is 1. The summed E-state index contributed by atoms with van der Waals surface area (Å²) in [5.74, 6) is -0.792. The van der Waals surface area contributed by atoms with Crippen LogP contribution in [0.15, 0.2) is 50.8 Å². The lowest BCUT2D eigenvalue weighted by Crippen LogP contribution is -2.19. The van der Waals surface area contributed by atoms with E-state index in [4.69, 9.17) is 0 Å². The molecule has 0 radical (unpaired) electrons. The van der Waals surface area contributed by atoms with Crippen molar-refractivity contribution in [3.05, 3.63) is 67.0 Å². The summed E-state index contributed by atoms with van der Waals surface area (Å²) in [7, 11) is 0. The Morgan fingerprint density at radius 2 is 2.04 bits per heavy atom. The number of aliphatic imine (C=N–C) groups is 1. The summed E-state index contributed by atoms with van der Waals surface area (Å²) in [6.45, 7) is 2.07. The third-order valence-electron chi connectivity index (χ3n) is 3.79. The summed E-state index contributed by atoms with van der Waals surface area (Å²) in [6.07, 6.45) is 2.45. The van der Waals surface area contributed by atoms with Crippen LogP contribution in [-0.2, 0) is 11.2 Å². The normalized spacial score (nSPS) is 16.7. The highest BCUT2D eigenvalue weighted by Gasteiger charge is 2.25. The fraction of sp³-hybridized carbons (Fsp3) is 0.111. The molecule has 138 valence electrons. The van der Waals surface area contributed by atoms with E-state index in [-0.39, 0.29) is 10.4 Å². The molecule has 0 saturated carbocycles. The van der Waals surface area contributed by atoms with E-state index in [0.29, 0.717) is 15.6 Å². The molecule has 0 spiro atoms. The second-order valence-electron chi connectivity index (χ2n) is 5.63. The topological polar surface area (TPSA) is 105 Å². The molecule has 2 aromatic carbocycles. The zero-order valence-corrected chi connectivity index (χ0v) is 16.5. The second-order valence-corrected chi connectivity index (χ2v) is 7.51. The van der Waals surface area contributed by atoms with Crippen molar-refractivity contribution in [3.8, 4) is 5.75 Å². The zero-order chi connectivity index (χ0) is 19.6. The lowest BCUT2D eigenvalue weighted by Gasteiger charge is -2.01. The lowest BCUT2D eigenvalue weighted by atomic mass is 10.1. The molecule has 1 aliphatic heterocycles. The van der Waals surface area contributed by atoms with Crippen LogP contribution in [0.5, 0.6) is 5.75 Å². The molecule has 1 fully saturated rings. The summed E-state index contributed by atoms with van der Waals surface area (Å²) >= 11 is 4.23. The fourth-order valence-electron chi connectivity index (χ4n) is 2.38. The summed E-state index contributed by atoms with van der Waals surface area (Å²) in [5, 5.41) is 23.9. The van der Waals surface area contributed by atoms with Gasteiger partial charge < -0.3 is 10.4 Å². The summed E-state index contributed by atoms with van der Waals surface area (Å²) in [4.78, 5) is 27.3. The minimum Gasteiger partial charge on any atom is -0.501 e. The number of halogens is 1. The second kappa shape index (κ2) is 7.93. The highest BCUT2D eigenvalue weighted by Crippen LogP contribution is 2.37. The lowest BCUT2D eigenvalue weighted by molar-refractivity contribution is -0.386. The summed E-state index contributed by atoms with van der Waals surface area (Å²) in [5.41, 5.74) is 1.89. The van der Waals surface area contributed by atoms with Crippen molar-refractivity contribution >= 4 is 56.2 Å². The van der Waals surface area contributed by atoms with Crippen LogP contribution < -0.4 is 5.32 Å². The van der Waals surface area contributed by atoms with Crippen LogP contribution in [0.1, 0.15) is 18.1 Å². The fourth-order valence-corrected chi connectivity index (χ4v) is 3.69. The molecule has 0 aliphatic carbocycles. The number of amides is 1. The molecule has 2 N–H and O–H groups in total. The Morgan fingerprint density at radius 1 is 1.33 bits per heavy atom. The van der Waals surface area contributed by atoms with Crippen LogP contribution in [0.4, 0.5) is 11.4 Å². The van der Waals surface area contributed by atoms with E-state index in [1.54, 1.807) is 0 Å². The largest absolute Gasteiger partial charge is 0.501 e. The Labute approximate surface area is 167 Å². The predicted molar refractivity (Wildman–Crippen MR) is 109 cm³/mol. The number of nitrogens with one attached hydrogen (secondary N) is 1. The van der Waals surface area contributed by atoms with Crippen molar-refractivity contribution in [1.82, 2.24) is 5.32 Å². The number of phenols is 1. The summed E-state index contributed by atoms with van der Waals surface area (Å²) in [6, 6.07) is 10.4. The number of hydrogen-bond donors (Lipinski definition) is 2. The number of aryl methyl sites for hydroxylation is 1. The van der Waals surface area contributed by atoms with Crippen molar-refractivity contribution in [2.24, 2.45) is 4.99 Å². The molecule has 9 heteroatoms. The van der Waals surface area contributed by atoms with Gasteiger partial charge in [0.05, 0.1) is 20.0 Å². The van der Waals surface area contributed by atoms with E-state index < -0.39 is 16.4 Å². The molecule has 27 heavy (non-hydrogen) atoms. The third kappa shape index (κ3) is 4.37. The molecule has 1 aliphatic rings. The van der Waals surface area contributed by atoms with Crippen LogP contribution in [0.2, 0.25) is 0 Å². The van der Waals surface area contributed by atoms with Gasteiger partial charge in [-0.15, -0.1) is 0 Å². The molecule has 2 aromatic rings. The summed E-state index contributed by atoms with van der Waals surface area (Å²) < 4.78 is 0.178. The molecule has 1 saturated heterocycles. The Morgan fingerprint density at radius 3 is 2.67 bits per heavy atom. The van der Waals surface area contributed by atoms with Gasteiger partial charge in [-0.3, -0.25) is 14.9 Å². The van der Waals surface area contributed by atoms with Crippen molar-refractivity contribution in [2.45, 2.75) is 13.3 Å². The van der Waals surface area contributed by atoms with E-state index in [1.807, 2.05) is 24.3 Å². The van der Waals surface area contributed by atoms with E-state index in [1.165, 1.54) is 23.8 Å². The third-order valence-corrected chi connectivity index (χ3v) is 5.30. The van der Waals surface area contributed by atoms with E-state index in [0.717, 1.165) is 23.9 Å². The van der Waals surface area contributed by atoms with Crippen LogP contribution in [0.3, 0.4) is 0 Å². The van der Waals surface area contributed by atoms with Crippen molar-refractivity contribution < 1.29 is 14.8 Å². The van der Waals surface area contributed by atoms with Crippen molar-refractivity contribution in [3.63, 3.8) is 0 Å². The predicted octanol–water partition coefficient (Wildman–Crippen LogP) is 4.52. The van der Waals surface area contributed by atoms with Gasteiger partial charge in [-0.1, -0.05) is 19.1 Å². The number of thioether (sulfide) groups is 1. The SMILES string of the molecule is CCc1ccc(N=C2NC(=O)/C(=C/c3cc(Br)c(O)c([N+](=O)[O-])c3)S2)cc1. The molecular weight excluding hydrogens is 434 g/mol. The highest BCUT2D eigenvalue weighted by molar-refractivity contribution is 9.10. The van der Waals surface area contributed by atoms with Gasteiger partial charge in [-0.05, 0) is 69.5 Å². The monoisotopic (exact) mass is 447 g/mol. The minimum absolute atomic E-state index is 0.178. The standard InChI is InChI=1S/C18H14BrN3O4S/c1-2-10-3-5-12(6-4-10)20-18-21-17(24)15(27-18)9-11-7-13(19)16(23)14(8-11)22(25)26/h3-9,23H,2H2,1H3,(H,20,21,24)/b15-9-. The number of rotatable bonds is 4. The maximum Gasteiger partial charge on any atom is 0.312 e. The molecule has 0 bridgehead atoms. The number of nitrogens with zero attached hydrogens (tertiary/aromatic N) is 2. The van der Waals surface area contributed by atoms with Crippen LogP contribution >= 0.6 is 27.7 Å². The minimum atomic E-state index is -0.684. The molecule has 0 atom stereocenters. The molecule has 7 nitrogen and oxygen atoms in total. The Bertz CT molecular complexity index is 987. The van der Waals surface area contributed by atoms with Gasteiger partial charge >= 0.3 is 5.69 Å². The molecule has 3 rings (SSSR count). The van der Waals surface area contributed by atoms with Gasteiger partial charge in [0, 0.05) is 6.07 Å². The highest BCUT2D eigenvalue weighted by atomic mass is 79.9. The van der Waals surface area contributed by atoms with E-state index >= 15 is 0 Å². The van der Waals surface area contributed by atoms with Gasteiger partial charge in [0.25, 0.3) is 5.91 Å². The van der Waals surface area contributed by atoms with Crippen LogP contribution in [-0.4, -0.2) is 21.1 Å². The Hall–Kier alpha value is -2.65. The maximum absolute atomic E-state index is 12.2. The molecular formula is C18H14BrN3O4S. The average Bonchev–Trinajstić information content (AvgIpc) is 2.97. The number of nitro benzene ring substituents is 1. The number of nitro groups is 1. The number of benzene rings is 2. The first kappa shape index (κ1) is 19.1. The van der Waals surface area contributed by atoms with Crippen LogP contribution in [0, 0.1) is 10.1 Å². The van der Waals surface area contributed by atoms with Gasteiger partial charge in [-0.25, -0.2) is 4.99 Å². The maximum atomic E-state index is 12.2.